The lowest BCUT2D eigenvalue weighted by Gasteiger charge is -2.43. The van der Waals surface area contributed by atoms with Gasteiger partial charge in [0.2, 0.25) is 0 Å². The molecule has 0 N–H and O–H groups in total. The zero-order chi connectivity index (χ0) is 47.5. The first-order valence-corrected chi connectivity index (χ1v) is 33.2. The minimum Gasteiger partial charge on any atom is -0.352 e. The Morgan fingerprint density at radius 1 is 0.254 bits per heavy atom. The average Bonchev–Trinajstić information content (AvgIpc) is 3.35. The molecule has 2 rings (SSSR count). The summed E-state index contributed by atoms with van der Waals surface area (Å²) < 4.78 is 24.7. The quantitative estimate of drug-likeness (QED) is 0.0565. The zero-order valence-electron chi connectivity index (χ0n) is 45.7. The highest BCUT2D eigenvalue weighted by Crippen LogP contribution is 2.32. The van der Waals surface area contributed by atoms with Crippen LogP contribution < -0.4 is 0 Å². The molecule has 67 heavy (non-hydrogen) atoms. The molecule has 1 spiro atoms. The maximum absolute atomic E-state index is 6.18. The summed E-state index contributed by atoms with van der Waals surface area (Å²) in [5, 5.41) is 0. The van der Waals surface area contributed by atoms with Gasteiger partial charge < -0.3 is 18.9 Å². The molecule has 0 aromatic carbocycles. The van der Waals surface area contributed by atoms with Gasteiger partial charge in [-0.2, -0.15) is 23.5 Å². The summed E-state index contributed by atoms with van der Waals surface area (Å²) in [4.78, 5) is 0. The van der Waals surface area contributed by atoms with Crippen molar-refractivity contribution in [3.63, 3.8) is 0 Å². The van der Waals surface area contributed by atoms with Gasteiger partial charge in [0.1, 0.15) is 0 Å². The van der Waals surface area contributed by atoms with Crippen LogP contribution in [0.2, 0.25) is 0 Å². The van der Waals surface area contributed by atoms with Crippen LogP contribution in [-0.2, 0) is 18.9 Å². The summed E-state index contributed by atoms with van der Waals surface area (Å²) in [5.41, 5.74) is -0.120. The molecule has 2 aliphatic rings. The summed E-state index contributed by atoms with van der Waals surface area (Å²) in [6.45, 7) is 7.41. The molecule has 0 radical (unpaired) electrons. The summed E-state index contributed by atoms with van der Waals surface area (Å²) >= 11 is 4.16. The van der Waals surface area contributed by atoms with E-state index >= 15 is 0 Å². The first kappa shape index (κ1) is 63.7. The van der Waals surface area contributed by atoms with Crippen molar-refractivity contribution >= 4 is 23.5 Å². The van der Waals surface area contributed by atoms with E-state index in [0.29, 0.717) is 26.4 Å². The standard InChI is InChI=1S/C61H120O4S2/c1-3-5-7-9-11-13-15-17-19-21-23-25-27-29-31-33-35-37-39-41-43-45-47-51-66-53-49-59-62-55-61(56-63-59)57-64-60(65-58-61)50-54-67-52-48-46-44-42-40-38-36-34-32-30-28-26-24-22-20-18-16-14-12-10-8-6-4-2/h59-60H,3-58H2,1-2H3. The minimum absolute atomic E-state index is 0.0600. The third-order valence-electron chi connectivity index (χ3n) is 15.1. The fourth-order valence-corrected chi connectivity index (χ4v) is 12.2. The third kappa shape index (κ3) is 42.7. The lowest BCUT2D eigenvalue weighted by molar-refractivity contribution is -0.302. The van der Waals surface area contributed by atoms with Gasteiger partial charge in [-0.05, 0) is 35.9 Å². The molecule has 0 aromatic heterocycles. The fraction of sp³-hybridized carbons (Fsp3) is 1.00. The van der Waals surface area contributed by atoms with Crippen LogP contribution >= 0.6 is 23.5 Å². The van der Waals surface area contributed by atoms with Crippen molar-refractivity contribution in [3.8, 4) is 0 Å². The Morgan fingerprint density at radius 3 is 0.627 bits per heavy atom. The second-order valence-electron chi connectivity index (χ2n) is 22.0. The molecule has 0 aliphatic carbocycles. The molecule has 0 atom stereocenters. The van der Waals surface area contributed by atoms with E-state index in [-0.39, 0.29) is 18.0 Å². The van der Waals surface area contributed by atoms with Crippen LogP contribution in [0.25, 0.3) is 0 Å². The second kappa shape index (κ2) is 51.4. The van der Waals surface area contributed by atoms with Crippen molar-refractivity contribution in [2.45, 2.75) is 335 Å². The molecule has 2 fully saturated rings. The summed E-state index contributed by atoms with van der Waals surface area (Å²) in [7, 11) is 0. The predicted molar refractivity (Wildman–Crippen MR) is 301 cm³/mol. The molecule has 400 valence electrons. The minimum atomic E-state index is -0.120. The molecule has 4 nitrogen and oxygen atoms in total. The van der Waals surface area contributed by atoms with E-state index in [4.69, 9.17) is 18.9 Å². The Morgan fingerprint density at radius 2 is 0.433 bits per heavy atom. The van der Waals surface area contributed by atoms with E-state index in [1.54, 1.807) is 0 Å². The Balaban J connectivity index is 1.21. The van der Waals surface area contributed by atoms with Crippen molar-refractivity contribution < 1.29 is 18.9 Å². The Bertz CT molecular complexity index is 858. The van der Waals surface area contributed by atoms with Gasteiger partial charge in [-0.15, -0.1) is 0 Å². The first-order valence-electron chi connectivity index (χ1n) is 30.9. The van der Waals surface area contributed by atoms with Crippen LogP contribution in [0.3, 0.4) is 0 Å². The van der Waals surface area contributed by atoms with E-state index in [1.165, 1.54) is 307 Å². The molecule has 0 saturated carbocycles. The topological polar surface area (TPSA) is 36.9 Å². The molecule has 2 saturated heterocycles. The van der Waals surface area contributed by atoms with Crippen LogP contribution in [0, 0.1) is 5.41 Å². The molecule has 0 unspecified atom stereocenters. The number of unbranched alkanes of at least 4 members (excludes halogenated alkanes) is 44. The van der Waals surface area contributed by atoms with Gasteiger partial charge >= 0.3 is 0 Å². The van der Waals surface area contributed by atoms with E-state index in [0.717, 1.165) is 24.3 Å². The number of hydrogen-bond donors (Lipinski definition) is 0. The van der Waals surface area contributed by atoms with E-state index in [9.17, 15) is 0 Å². The van der Waals surface area contributed by atoms with Crippen LogP contribution in [-0.4, -0.2) is 62.0 Å². The van der Waals surface area contributed by atoms with Crippen LogP contribution in [0.15, 0.2) is 0 Å². The number of hydrogen-bond acceptors (Lipinski definition) is 6. The zero-order valence-corrected chi connectivity index (χ0v) is 47.3. The van der Waals surface area contributed by atoms with Crippen LogP contribution in [0.4, 0.5) is 0 Å². The summed E-state index contributed by atoms with van der Waals surface area (Å²) in [6.07, 6.45) is 68.6. The number of rotatable bonds is 54. The molecule has 0 aromatic rings. The van der Waals surface area contributed by atoms with Crippen molar-refractivity contribution in [2.75, 3.05) is 49.4 Å². The van der Waals surface area contributed by atoms with E-state index in [1.807, 2.05) is 0 Å². The van der Waals surface area contributed by atoms with Crippen molar-refractivity contribution in [1.82, 2.24) is 0 Å². The maximum Gasteiger partial charge on any atom is 0.158 e. The van der Waals surface area contributed by atoms with Gasteiger partial charge in [0.25, 0.3) is 0 Å². The molecule has 0 bridgehead atoms. The molecular formula is C61H120O4S2. The van der Waals surface area contributed by atoms with Gasteiger partial charge in [-0.1, -0.05) is 296 Å². The van der Waals surface area contributed by atoms with Crippen molar-refractivity contribution in [2.24, 2.45) is 5.41 Å². The highest BCUT2D eigenvalue weighted by Gasteiger charge is 2.41. The van der Waals surface area contributed by atoms with Gasteiger partial charge in [-0.25, -0.2) is 0 Å². The second-order valence-corrected chi connectivity index (χ2v) is 24.4. The van der Waals surface area contributed by atoms with Gasteiger partial charge in [0.15, 0.2) is 12.6 Å². The average molecular weight is 982 g/mol. The lowest BCUT2D eigenvalue weighted by atomic mass is 9.90. The Kier molecular flexibility index (Phi) is 48.9. The summed E-state index contributed by atoms with van der Waals surface area (Å²) in [6, 6.07) is 0. The van der Waals surface area contributed by atoms with Gasteiger partial charge in [0, 0.05) is 12.8 Å². The van der Waals surface area contributed by atoms with E-state index in [2.05, 4.69) is 37.4 Å². The highest BCUT2D eigenvalue weighted by molar-refractivity contribution is 7.99. The molecule has 0 amide bonds. The smallest absolute Gasteiger partial charge is 0.158 e. The number of thioether (sulfide) groups is 2. The van der Waals surface area contributed by atoms with Gasteiger partial charge in [-0.3, -0.25) is 0 Å². The summed E-state index contributed by atoms with van der Waals surface area (Å²) in [5.74, 6) is 4.81. The van der Waals surface area contributed by atoms with Gasteiger partial charge in [0.05, 0.1) is 31.8 Å². The fourth-order valence-electron chi connectivity index (χ4n) is 10.3. The number of ether oxygens (including phenoxy) is 4. The van der Waals surface area contributed by atoms with E-state index < -0.39 is 0 Å². The van der Waals surface area contributed by atoms with Crippen molar-refractivity contribution in [1.29, 1.82) is 0 Å². The largest absolute Gasteiger partial charge is 0.352 e. The first-order chi connectivity index (χ1) is 33.3. The molecule has 2 heterocycles. The van der Waals surface area contributed by atoms with Crippen LogP contribution in [0.1, 0.15) is 322 Å². The highest BCUT2D eigenvalue weighted by atomic mass is 32.2. The SMILES string of the molecule is CCCCCCCCCCCCCCCCCCCCCCCCCSCCC1OCC2(CO1)COC(CCSCCCCCCCCCCCCCCCCCCCCCCCCC)OC2. The normalized spacial score (nSPS) is 18.7. The lowest BCUT2D eigenvalue weighted by Crippen LogP contribution is -2.52. The molecule has 6 heteroatoms. The maximum atomic E-state index is 6.18. The molecular weight excluding hydrogens is 861 g/mol. The van der Waals surface area contributed by atoms with Crippen LogP contribution in [0.5, 0.6) is 0 Å². The Labute approximate surface area is 429 Å². The monoisotopic (exact) mass is 981 g/mol. The third-order valence-corrected chi connectivity index (χ3v) is 17.3. The predicted octanol–water partition coefficient (Wildman–Crippen LogP) is 20.9. The van der Waals surface area contributed by atoms with Crippen molar-refractivity contribution in [3.05, 3.63) is 0 Å². The Hall–Kier alpha value is 0.540. The molecule has 2 aliphatic heterocycles.